The summed E-state index contributed by atoms with van der Waals surface area (Å²) in [5, 5.41) is 4.19. The lowest BCUT2D eigenvalue weighted by Crippen LogP contribution is -1.97. The molecule has 0 aliphatic carbocycles. The zero-order valence-electron chi connectivity index (χ0n) is 13.7. The van der Waals surface area contributed by atoms with Gasteiger partial charge >= 0.3 is 0 Å². The average molecular weight is 338 g/mol. The Morgan fingerprint density at radius 1 is 0.923 bits per heavy atom. The van der Waals surface area contributed by atoms with Crippen molar-refractivity contribution >= 4 is 28.4 Å². The molecule has 124 valence electrons. The van der Waals surface area contributed by atoms with Crippen LogP contribution in [0.2, 0.25) is 0 Å². The lowest BCUT2D eigenvalue weighted by atomic mass is 10.1. The van der Waals surface area contributed by atoms with Crippen molar-refractivity contribution < 1.29 is 0 Å². The summed E-state index contributed by atoms with van der Waals surface area (Å²) in [5.41, 5.74) is 9.87. The molecule has 0 spiro atoms. The van der Waals surface area contributed by atoms with Gasteiger partial charge in [0.1, 0.15) is 12.1 Å². The molecular formula is C20H14N6. The van der Waals surface area contributed by atoms with Crippen molar-refractivity contribution in [3.8, 4) is 23.5 Å². The van der Waals surface area contributed by atoms with Crippen LogP contribution < -0.4 is 11.1 Å². The molecule has 0 radical (unpaired) electrons. The summed E-state index contributed by atoms with van der Waals surface area (Å²) in [6, 6.07) is 13.5. The Kier molecular flexibility index (Phi) is 3.88. The van der Waals surface area contributed by atoms with Gasteiger partial charge in [-0.1, -0.05) is 18.1 Å². The number of anilines is 3. The first-order valence-corrected chi connectivity index (χ1v) is 7.89. The summed E-state index contributed by atoms with van der Waals surface area (Å²) in [6.45, 7) is 0. The Balaban J connectivity index is 1.78. The highest BCUT2D eigenvalue weighted by Gasteiger charge is 2.07. The SMILES string of the molecule is C#Cc1cccc(Nc2ncnc3ccc(-c4cnc(N)nc4)cc23)c1. The maximum Gasteiger partial charge on any atom is 0.219 e. The van der Waals surface area contributed by atoms with E-state index in [1.54, 1.807) is 12.4 Å². The van der Waals surface area contributed by atoms with Gasteiger partial charge in [-0.05, 0) is 35.9 Å². The number of hydrogen-bond donors (Lipinski definition) is 2. The first-order chi connectivity index (χ1) is 12.7. The van der Waals surface area contributed by atoms with E-state index in [4.69, 9.17) is 12.2 Å². The summed E-state index contributed by atoms with van der Waals surface area (Å²) < 4.78 is 0. The summed E-state index contributed by atoms with van der Waals surface area (Å²) in [7, 11) is 0. The van der Waals surface area contributed by atoms with Crippen LogP contribution in [0.3, 0.4) is 0 Å². The van der Waals surface area contributed by atoms with Crippen LogP contribution in [0.15, 0.2) is 61.2 Å². The number of nitrogen functional groups attached to an aromatic ring is 1. The number of nitrogens with one attached hydrogen (secondary N) is 1. The molecule has 4 rings (SSSR count). The highest BCUT2D eigenvalue weighted by molar-refractivity contribution is 5.93. The van der Waals surface area contributed by atoms with Gasteiger partial charge in [-0.15, -0.1) is 6.42 Å². The lowest BCUT2D eigenvalue weighted by Gasteiger charge is -2.10. The van der Waals surface area contributed by atoms with E-state index >= 15 is 0 Å². The van der Waals surface area contributed by atoms with Crippen molar-refractivity contribution in [2.75, 3.05) is 11.1 Å². The van der Waals surface area contributed by atoms with Crippen molar-refractivity contribution in [1.82, 2.24) is 19.9 Å². The second-order valence-electron chi connectivity index (χ2n) is 5.63. The minimum absolute atomic E-state index is 0.244. The highest BCUT2D eigenvalue weighted by Crippen LogP contribution is 2.28. The fourth-order valence-corrected chi connectivity index (χ4v) is 2.65. The molecule has 0 bridgehead atoms. The van der Waals surface area contributed by atoms with E-state index < -0.39 is 0 Å². The number of benzene rings is 2. The Morgan fingerprint density at radius 3 is 2.58 bits per heavy atom. The molecule has 0 aliphatic rings. The zero-order chi connectivity index (χ0) is 17.9. The van der Waals surface area contributed by atoms with Gasteiger partial charge in [0.25, 0.3) is 0 Å². The molecule has 6 nitrogen and oxygen atoms in total. The first-order valence-electron chi connectivity index (χ1n) is 7.89. The Labute approximate surface area is 150 Å². The monoisotopic (exact) mass is 338 g/mol. The number of aromatic nitrogens is 4. The normalized spacial score (nSPS) is 10.4. The maximum atomic E-state index is 5.56. The van der Waals surface area contributed by atoms with Gasteiger partial charge in [0.15, 0.2) is 0 Å². The second kappa shape index (κ2) is 6.49. The molecule has 0 saturated carbocycles. The van der Waals surface area contributed by atoms with Gasteiger partial charge in [-0.25, -0.2) is 19.9 Å². The molecule has 0 aliphatic heterocycles. The zero-order valence-corrected chi connectivity index (χ0v) is 13.7. The van der Waals surface area contributed by atoms with Gasteiger partial charge < -0.3 is 11.1 Å². The lowest BCUT2D eigenvalue weighted by molar-refractivity contribution is 1.19. The molecule has 26 heavy (non-hydrogen) atoms. The molecule has 0 unspecified atom stereocenters. The second-order valence-corrected chi connectivity index (χ2v) is 5.63. The average Bonchev–Trinajstić information content (AvgIpc) is 2.69. The number of fused-ring (bicyclic) bond motifs is 1. The van der Waals surface area contributed by atoms with Crippen molar-refractivity contribution in [2.24, 2.45) is 0 Å². The van der Waals surface area contributed by atoms with E-state index in [0.29, 0.717) is 5.82 Å². The maximum absolute atomic E-state index is 5.56. The molecular weight excluding hydrogens is 324 g/mol. The molecule has 2 aromatic carbocycles. The fourth-order valence-electron chi connectivity index (χ4n) is 2.65. The minimum atomic E-state index is 0.244. The van der Waals surface area contributed by atoms with Crippen LogP contribution in [-0.4, -0.2) is 19.9 Å². The fraction of sp³-hybridized carbons (Fsp3) is 0. The highest BCUT2D eigenvalue weighted by atomic mass is 15.0. The molecule has 0 fully saturated rings. The molecule has 4 aromatic rings. The molecule has 2 aromatic heterocycles. The Bertz CT molecular complexity index is 1130. The van der Waals surface area contributed by atoms with Gasteiger partial charge in [0, 0.05) is 34.6 Å². The number of nitrogens with two attached hydrogens (primary N) is 1. The van der Waals surface area contributed by atoms with Gasteiger partial charge in [0.2, 0.25) is 5.95 Å². The van der Waals surface area contributed by atoms with Crippen LogP contribution in [0.4, 0.5) is 17.5 Å². The Morgan fingerprint density at radius 2 is 1.77 bits per heavy atom. The van der Waals surface area contributed by atoms with Crippen LogP contribution in [-0.2, 0) is 0 Å². The predicted molar refractivity (Wildman–Crippen MR) is 103 cm³/mol. The smallest absolute Gasteiger partial charge is 0.219 e. The number of hydrogen-bond acceptors (Lipinski definition) is 6. The van der Waals surface area contributed by atoms with Crippen molar-refractivity contribution in [3.05, 3.63) is 66.7 Å². The number of rotatable bonds is 3. The van der Waals surface area contributed by atoms with E-state index in [9.17, 15) is 0 Å². The van der Waals surface area contributed by atoms with Gasteiger partial charge in [-0.2, -0.15) is 0 Å². The van der Waals surface area contributed by atoms with Crippen LogP contribution >= 0.6 is 0 Å². The molecule has 3 N–H and O–H groups in total. The number of terminal acetylenes is 1. The van der Waals surface area contributed by atoms with E-state index in [1.165, 1.54) is 6.33 Å². The van der Waals surface area contributed by atoms with E-state index in [2.05, 4.69) is 31.2 Å². The van der Waals surface area contributed by atoms with Gasteiger partial charge in [0.05, 0.1) is 5.52 Å². The van der Waals surface area contributed by atoms with E-state index in [0.717, 1.165) is 33.3 Å². The third kappa shape index (κ3) is 3.01. The van der Waals surface area contributed by atoms with Crippen LogP contribution in [0.25, 0.3) is 22.0 Å². The van der Waals surface area contributed by atoms with E-state index in [1.807, 2.05) is 42.5 Å². The molecule has 2 heterocycles. The molecule has 0 atom stereocenters. The van der Waals surface area contributed by atoms with Crippen molar-refractivity contribution in [3.63, 3.8) is 0 Å². The van der Waals surface area contributed by atoms with Crippen LogP contribution in [0, 0.1) is 12.3 Å². The largest absolute Gasteiger partial charge is 0.368 e. The topological polar surface area (TPSA) is 89.6 Å². The number of nitrogens with zero attached hydrogens (tertiary/aromatic N) is 4. The molecule has 0 amide bonds. The van der Waals surface area contributed by atoms with Crippen molar-refractivity contribution in [1.29, 1.82) is 0 Å². The van der Waals surface area contributed by atoms with E-state index in [-0.39, 0.29) is 5.95 Å². The summed E-state index contributed by atoms with van der Waals surface area (Å²) in [6.07, 6.45) is 10.4. The summed E-state index contributed by atoms with van der Waals surface area (Å²) in [5.74, 6) is 3.57. The quantitative estimate of drug-likeness (QED) is 0.557. The standard InChI is InChI=1S/C20H14N6/c1-2-13-4-3-5-16(8-13)26-19-17-9-14(6-7-18(17)24-12-25-19)15-10-22-20(21)23-11-15/h1,3-12H,(H2,21,22,23)(H,24,25,26). The third-order valence-electron chi connectivity index (χ3n) is 3.93. The first kappa shape index (κ1) is 15.5. The van der Waals surface area contributed by atoms with Crippen LogP contribution in [0.1, 0.15) is 5.56 Å². The Hall–Kier alpha value is -3.98. The van der Waals surface area contributed by atoms with Crippen LogP contribution in [0.5, 0.6) is 0 Å². The predicted octanol–water partition coefficient (Wildman–Crippen LogP) is 3.39. The summed E-state index contributed by atoms with van der Waals surface area (Å²) >= 11 is 0. The summed E-state index contributed by atoms with van der Waals surface area (Å²) in [4.78, 5) is 16.8. The molecule has 0 saturated heterocycles. The minimum Gasteiger partial charge on any atom is -0.368 e. The molecule has 6 heteroatoms. The third-order valence-corrected chi connectivity index (χ3v) is 3.93. The van der Waals surface area contributed by atoms with Gasteiger partial charge in [-0.3, -0.25) is 0 Å². The van der Waals surface area contributed by atoms with Crippen molar-refractivity contribution in [2.45, 2.75) is 0 Å².